The molecule has 1 aromatic carbocycles. The van der Waals surface area contributed by atoms with Gasteiger partial charge in [0.1, 0.15) is 0 Å². The highest BCUT2D eigenvalue weighted by Crippen LogP contribution is 2.40. The fraction of sp³-hybridized carbons (Fsp3) is 0.231. The maximum absolute atomic E-state index is 4.42. The molecule has 17 heavy (non-hydrogen) atoms. The maximum atomic E-state index is 4.42. The minimum atomic E-state index is 0.833. The summed E-state index contributed by atoms with van der Waals surface area (Å²) in [6.45, 7) is 3.12. The van der Waals surface area contributed by atoms with Gasteiger partial charge in [0.2, 0.25) is 0 Å². The third-order valence-corrected chi connectivity index (χ3v) is 2.83. The number of benzene rings is 1. The maximum Gasteiger partial charge on any atom is 0.176 e. The van der Waals surface area contributed by atoms with Gasteiger partial charge in [-0.2, -0.15) is 0 Å². The lowest BCUT2D eigenvalue weighted by Crippen LogP contribution is -2.24. The van der Waals surface area contributed by atoms with Gasteiger partial charge < -0.3 is 10.2 Å². The normalized spacial score (nSPS) is 12.6. The number of para-hydroxylation sites is 2. The number of nitrogens with one attached hydrogen (secondary N) is 1. The van der Waals surface area contributed by atoms with Crippen LogP contribution in [0.4, 0.5) is 23.0 Å². The molecular weight excluding hydrogens is 212 g/mol. The molecule has 86 valence electrons. The fourth-order valence-corrected chi connectivity index (χ4v) is 2.12. The van der Waals surface area contributed by atoms with Crippen molar-refractivity contribution in [3.8, 4) is 0 Å². The number of rotatable bonds is 2. The van der Waals surface area contributed by atoms with E-state index in [0.29, 0.717) is 0 Å². The zero-order valence-electron chi connectivity index (χ0n) is 9.72. The van der Waals surface area contributed by atoms with E-state index >= 15 is 0 Å². The minimum Gasteiger partial charge on any atom is -0.335 e. The number of hydrogen-bond acceptors (Lipinski definition) is 4. The highest BCUT2D eigenvalue weighted by molar-refractivity contribution is 5.87. The van der Waals surface area contributed by atoms with Crippen molar-refractivity contribution in [1.29, 1.82) is 0 Å². The van der Waals surface area contributed by atoms with Crippen molar-refractivity contribution in [2.75, 3.05) is 16.8 Å². The Morgan fingerprint density at radius 1 is 1.18 bits per heavy atom. The van der Waals surface area contributed by atoms with Crippen LogP contribution >= 0.6 is 0 Å². The Hall–Kier alpha value is -2.10. The van der Waals surface area contributed by atoms with E-state index in [-0.39, 0.29) is 0 Å². The van der Waals surface area contributed by atoms with Crippen molar-refractivity contribution in [3.05, 3.63) is 36.7 Å². The zero-order chi connectivity index (χ0) is 11.7. The molecule has 1 aliphatic heterocycles. The summed E-state index contributed by atoms with van der Waals surface area (Å²) in [6.07, 6.45) is 4.52. The molecule has 0 spiro atoms. The van der Waals surface area contributed by atoms with Crippen LogP contribution in [0.3, 0.4) is 0 Å². The Morgan fingerprint density at radius 3 is 2.88 bits per heavy atom. The SMILES string of the molecule is CCCN1c2ccccc2Nc2nccnc21. The summed E-state index contributed by atoms with van der Waals surface area (Å²) in [7, 11) is 0. The van der Waals surface area contributed by atoms with E-state index in [1.165, 1.54) is 5.69 Å². The molecule has 1 aliphatic rings. The third kappa shape index (κ3) is 1.62. The average molecular weight is 226 g/mol. The van der Waals surface area contributed by atoms with E-state index in [2.05, 4.69) is 39.2 Å². The second-order valence-electron chi connectivity index (χ2n) is 4.02. The largest absolute Gasteiger partial charge is 0.335 e. The number of fused-ring (bicyclic) bond motifs is 2. The summed E-state index contributed by atoms with van der Waals surface area (Å²) < 4.78 is 0. The Balaban J connectivity index is 2.13. The van der Waals surface area contributed by atoms with E-state index in [1.54, 1.807) is 12.4 Å². The van der Waals surface area contributed by atoms with E-state index < -0.39 is 0 Å². The summed E-state index contributed by atoms with van der Waals surface area (Å²) in [4.78, 5) is 11.0. The molecule has 0 saturated heterocycles. The van der Waals surface area contributed by atoms with Gasteiger partial charge in [-0.3, -0.25) is 0 Å². The number of hydrogen-bond donors (Lipinski definition) is 1. The highest BCUT2D eigenvalue weighted by Gasteiger charge is 2.22. The van der Waals surface area contributed by atoms with E-state index in [0.717, 1.165) is 30.3 Å². The van der Waals surface area contributed by atoms with Crippen LogP contribution in [-0.4, -0.2) is 16.5 Å². The molecule has 4 nitrogen and oxygen atoms in total. The number of aromatic nitrogens is 2. The molecule has 0 unspecified atom stereocenters. The van der Waals surface area contributed by atoms with Crippen molar-refractivity contribution >= 4 is 23.0 Å². The molecule has 0 saturated carbocycles. The lowest BCUT2D eigenvalue weighted by molar-refractivity contribution is 0.863. The van der Waals surface area contributed by atoms with Crippen LogP contribution in [-0.2, 0) is 0 Å². The van der Waals surface area contributed by atoms with Crippen molar-refractivity contribution in [1.82, 2.24) is 9.97 Å². The fourth-order valence-electron chi connectivity index (χ4n) is 2.12. The highest BCUT2D eigenvalue weighted by atomic mass is 15.3. The molecule has 1 aromatic heterocycles. The first-order valence-corrected chi connectivity index (χ1v) is 5.84. The molecule has 2 heterocycles. The van der Waals surface area contributed by atoms with Gasteiger partial charge in [-0.25, -0.2) is 9.97 Å². The molecule has 4 heteroatoms. The summed E-state index contributed by atoms with van der Waals surface area (Å²) in [6, 6.07) is 8.24. The quantitative estimate of drug-likeness (QED) is 0.854. The van der Waals surface area contributed by atoms with Crippen molar-refractivity contribution in [3.63, 3.8) is 0 Å². The molecule has 0 radical (unpaired) electrons. The topological polar surface area (TPSA) is 41.0 Å². The molecular formula is C13H14N4. The molecule has 0 bridgehead atoms. The second kappa shape index (κ2) is 4.05. The first kappa shape index (κ1) is 10.1. The van der Waals surface area contributed by atoms with Crippen LogP contribution in [0.5, 0.6) is 0 Å². The second-order valence-corrected chi connectivity index (χ2v) is 4.02. The Kier molecular flexibility index (Phi) is 2.40. The Morgan fingerprint density at radius 2 is 2.00 bits per heavy atom. The van der Waals surface area contributed by atoms with Crippen LogP contribution in [0.15, 0.2) is 36.7 Å². The van der Waals surface area contributed by atoms with Gasteiger partial charge in [-0.15, -0.1) is 0 Å². The first-order chi connectivity index (χ1) is 8.40. The monoisotopic (exact) mass is 226 g/mol. The smallest absolute Gasteiger partial charge is 0.176 e. The molecule has 0 fully saturated rings. The van der Waals surface area contributed by atoms with Crippen molar-refractivity contribution in [2.45, 2.75) is 13.3 Å². The van der Waals surface area contributed by atoms with Gasteiger partial charge in [0.15, 0.2) is 11.6 Å². The van der Waals surface area contributed by atoms with Gasteiger partial charge in [0.05, 0.1) is 11.4 Å². The predicted octanol–water partition coefficient (Wildman–Crippen LogP) is 3.08. The average Bonchev–Trinajstić information content (AvgIpc) is 2.39. The molecule has 1 N–H and O–H groups in total. The van der Waals surface area contributed by atoms with Crippen LogP contribution in [0.25, 0.3) is 0 Å². The summed E-state index contributed by atoms with van der Waals surface area (Å²) >= 11 is 0. The van der Waals surface area contributed by atoms with E-state index in [9.17, 15) is 0 Å². The molecule has 3 rings (SSSR count). The van der Waals surface area contributed by atoms with Crippen molar-refractivity contribution < 1.29 is 0 Å². The van der Waals surface area contributed by atoms with Gasteiger partial charge in [-0.05, 0) is 18.6 Å². The zero-order valence-corrected chi connectivity index (χ0v) is 9.72. The van der Waals surface area contributed by atoms with Crippen molar-refractivity contribution in [2.24, 2.45) is 0 Å². The molecule has 0 atom stereocenters. The summed E-state index contributed by atoms with van der Waals surface area (Å²) in [5, 5.41) is 3.31. The Labute approximate surface area is 100 Å². The lowest BCUT2D eigenvalue weighted by atomic mass is 10.2. The first-order valence-electron chi connectivity index (χ1n) is 5.84. The van der Waals surface area contributed by atoms with Gasteiger partial charge in [0, 0.05) is 18.9 Å². The standard InChI is InChI=1S/C13H14N4/c1-2-9-17-11-6-4-3-5-10(11)16-12-13(17)15-8-7-14-12/h3-8H,2,9H2,1H3,(H,14,16). The van der Waals surface area contributed by atoms with E-state index in [1.807, 2.05) is 12.1 Å². The summed E-state index contributed by atoms with van der Waals surface area (Å²) in [5.74, 6) is 1.74. The number of nitrogens with zero attached hydrogens (tertiary/aromatic N) is 3. The predicted molar refractivity (Wildman–Crippen MR) is 69.1 cm³/mol. The lowest BCUT2D eigenvalue weighted by Gasteiger charge is -2.31. The third-order valence-electron chi connectivity index (χ3n) is 2.83. The van der Waals surface area contributed by atoms with Crippen LogP contribution in [0, 0.1) is 0 Å². The Bertz CT molecular complexity index is 493. The molecule has 0 aliphatic carbocycles. The van der Waals surface area contributed by atoms with Gasteiger partial charge in [-0.1, -0.05) is 19.1 Å². The molecule has 0 amide bonds. The van der Waals surface area contributed by atoms with Crippen LogP contribution in [0.2, 0.25) is 0 Å². The summed E-state index contributed by atoms with van der Waals surface area (Å²) in [5.41, 5.74) is 2.26. The van der Waals surface area contributed by atoms with Crippen LogP contribution in [0.1, 0.15) is 13.3 Å². The van der Waals surface area contributed by atoms with Crippen LogP contribution < -0.4 is 10.2 Å². The number of anilines is 4. The molecule has 2 aromatic rings. The van der Waals surface area contributed by atoms with Gasteiger partial charge >= 0.3 is 0 Å². The van der Waals surface area contributed by atoms with Gasteiger partial charge in [0.25, 0.3) is 0 Å². The minimum absolute atomic E-state index is 0.833. The van der Waals surface area contributed by atoms with E-state index in [4.69, 9.17) is 0 Å².